The molecule has 0 saturated heterocycles. The lowest BCUT2D eigenvalue weighted by Gasteiger charge is -2.25. The van der Waals surface area contributed by atoms with Crippen LogP contribution in [-0.4, -0.2) is 46.0 Å². The Morgan fingerprint density at radius 2 is 2.03 bits per heavy atom. The van der Waals surface area contributed by atoms with E-state index in [2.05, 4.69) is 20.3 Å². The van der Waals surface area contributed by atoms with Crippen molar-refractivity contribution in [3.63, 3.8) is 0 Å². The Morgan fingerprint density at radius 3 is 2.94 bits per heavy atom. The Balaban J connectivity index is 1.23. The number of hydrogen-bond acceptors (Lipinski definition) is 8. The van der Waals surface area contributed by atoms with E-state index in [0.29, 0.717) is 48.3 Å². The molecular weight excluding hydrogens is 446 g/mol. The van der Waals surface area contributed by atoms with Crippen molar-refractivity contribution in [2.75, 3.05) is 25.6 Å². The Labute approximate surface area is 201 Å². The van der Waals surface area contributed by atoms with Gasteiger partial charge in [-0.25, -0.2) is 15.0 Å². The third kappa shape index (κ3) is 4.05. The summed E-state index contributed by atoms with van der Waals surface area (Å²) in [6.07, 6.45) is 6.40. The predicted octanol–water partition coefficient (Wildman–Crippen LogP) is 4.38. The number of carbonyl (C=O) groups excluding carboxylic acids is 1. The van der Waals surface area contributed by atoms with Crippen molar-refractivity contribution in [3.05, 3.63) is 71.9 Å². The van der Waals surface area contributed by atoms with Gasteiger partial charge in [-0.15, -0.1) is 0 Å². The lowest BCUT2D eigenvalue weighted by atomic mass is 9.96. The third-order valence-corrected chi connectivity index (χ3v) is 6.23. The summed E-state index contributed by atoms with van der Waals surface area (Å²) in [6, 6.07) is 11.2. The minimum atomic E-state index is 0.0312. The van der Waals surface area contributed by atoms with E-state index in [1.54, 1.807) is 25.6 Å². The first kappa shape index (κ1) is 21.2. The highest BCUT2D eigenvalue weighted by molar-refractivity contribution is 6.04. The monoisotopic (exact) mass is 469 g/mol. The zero-order valence-corrected chi connectivity index (χ0v) is 19.1. The van der Waals surface area contributed by atoms with Crippen LogP contribution >= 0.6 is 0 Å². The average Bonchev–Trinajstić information content (AvgIpc) is 3.39. The molecule has 0 saturated carbocycles. The Bertz CT molecular complexity index is 1420. The molecule has 2 aliphatic heterocycles. The SMILES string of the molecule is COc1cc(-c2c[nH]c(C3COc4ccc(Oc5ccnc6c5C(=O)CCN6)cc4C3)n2)ccn1. The van der Waals surface area contributed by atoms with Crippen LogP contribution in [0.3, 0.4) is 0 Å². The van der Waals surface area contributed by atoms with Crippen LogP contribution in [0.4, 0.5) is 5.82 Å². The smallest absolute Gasteiger partial charge is 0.213 e. The average molecular weight is 470 g/mol. The molecule has 0 spiro atoms. The number of rotatable bonds is 5. The first-order valence-corrected chi connectivity index (χ1v) is 11.4. The lowest BCUT2D eigenvalue weighted by molar-refractivity contribution is 0.0981. The van der Waals surface area contributed by atoms with Gasteiger partial charge in [-0.05, 0) is 36.2 Å². The van der Waals surface area contributed by atoms with Crippen LogP contribution in [0.1, 0.15) is 34.1 Å². The van der Waals surface area contributed by atoms with Gasteiger partial charge in [0.15, 0.2) is 5.78 Å². The Morgan fingerprint density at radius 1 is 1.11 bits per heavy atom. The van der Waals surface area contributed by atoms with E-state index >= 15 is 0 Å². The summed E-state index contributed by atoms with van der Waals surface area (Å²) in [5.74, 6) is 4.04. The molecule has 6 rings (SSSR count). The summed E-state index contributed by atoms with van der Waals surface area (Å²) < 4.78 is 17.4. The quantitative estimate of drug-likeness (QED) is 0.443. The largest absolute Gasteiger partial charge is 0.493 e. The number of methoxy groups -OCH3 is 1. The molecule has 0 amide bonds. The van der Waals surface area contributed by atoms with E-state index in [1.165, 1.54) is 0 Å². The molecule has 4 aromatic rings. The van der Waals surface area contributed by atoms with Gasteiger partial charge in [0.1, 0.15) is 34.5 Å². The van der Waals surface area contributed by atoms with Gasteiger partial charge in [-0.3, -0.25) is 4.79 Å². The van der Waals surface area contributed by atoms with Crippen molar-refractivity contribution in [1.82, 2.24) is 19.9 Å². The Kier molecular flexibility index (Phi) is 5.29. The number of ether oxygens (including phenoxy) is 3. The maximum atomic E-state index is 12.5. The molecule has 176 valence electrons. The molecular formula is C26H23N5O4. The van der Waals surface area contributed by atoms with E-state index in [9.17, 15) is 4.79 Å². The van der Waals surface area contributed by atoms with Crippen molar-refractivity contribution in [3.8, 4) is 34.4 Å². The Hall–Kier alpha value is -4.40. The van der Waals surface area contributed by atoms with Crippen LogP contribution in [-0.2, 0) is 6.42 Å². The van der Waals surface area contributed by atoms with Gasteiger partial charge in [0, 0.05) is 49.3 Å². The molecule has 35 heavy (non-hydrogen) atoms. The molecule has 1 unspecified atom stereocenters. The fourth-order valence-electron chi connectivity index (χ4n) is 4.46. The standard InChI is InChI=1S/C26H23N5O4/c1-33-23-12-15(4-7-27-23)19-13-30-25(31-19)17-10-16-11-18(2-3-21(16)34-14-17)35-22-6-9-29-26-24(22)20(32)5-8-28-26/h2-4,6-7,9,11-13,17H,5,8,10,14H2,1H3,(H,28,29)(H,30,31). The molecule has 9 heteroatoms. The van der Waals surface area contributed by atoms with E-state index in [1.807, 2.05) is 36.5 Å². The number of nitrogens with zero attached hydrogens (tertiary/aromatic N) is 3. The van der Waals surface area contributed by atoms with Crippen molar-refractivity contribution in [2.24, 2.45) is 0 Å². The number of anilines is 1. The summed E-state index contributed by atoms with van der Waals surface area (Å²) in [6.45, 7) is 1.11. The van der Waals surface area contributed by atoms with Gasteiger partial charge in [-0.2, -0.15) is 0 Å². The lowest BCUT2D eigenvalue weighted by Crippen LogP contribution is -2.20. The number of nitrogens with one attached hydrogen (secondary N) is 2. The number of aromatic nitrogens is 4. The van der Waals surface area contributed by atoms with Gasteiger partial charge in [0.25, 0.3) is 0 Å². The van der Waals surface area contributed by atoms with Gasteiger partial charge in [-0.1, -0.05) is 0 Å². The highest BCUT2D eigenvalue weighted by atomic mass is 16.5. The first-order chi connectivity index (χ1) is 17.2. The number of ketones is 1. The molecule has 0 radical (unpaired) electrons. The maximum absolute atomic E-state index is 12.5. The van der Waals surface area contributed by atoms with E-state index in [0.717, 1.165) is 34.8 Å². The van der Waals surface area contributed by atoms with Crippen LogP contribution in [0.15, 0.2) is 55.0 Å². The number of imidazole rings is 1. The summed E-state index contributed by atoms with van der Waals surface area (Å²) >= 11 is 0. The zero-order chi connectivity index (χ0) is 23.8. The molecule has 9 nitrogen and oxygen atoms in total. The van der Waals surface area contributed by atoms with Gasteiger partial charge < -0.3 is 24.5 Å². The van der Waals surface area contributed by atoms with Gasteiger partial charge in [0.2, 0.25) is 5.88 Å². The summed E-state index contributed by atoms with van der Waals surface area (Å²) in [5.41, 5.74) is 3.28. The number of aromatic amines is 1. The molecule has 5 heterocycles. The molecule has 0 fully saturated rings. The summed E-state index contributed by atoms with van der Waals surface area (Å²) in [5, 5.41) is 3.16. The van der Waals surface area contributed by atoms with Crippen LogP contribution in [0.5, 0.6) is 23.1 Å². The zero-order valence-electron chi connectivity index (χ0n) is 19.1. The highest BCUT2D eigenvalue weighted by Crippen LogP contribution is 2.37. The molecule has 0 bridgehead atoms. The predicted molar refractivity (Wildman–Crippen MR) is 129 cm³/mol. The van der Waals surface area contributed by atoms with Crippen LogP contribution in [0, 0.1) is 0 Å². The normalized spacial score (nSPS) is 16.5. The van der Waals surface area contributed by atoms with Gasteiger partial charge in [0.05, 0.1) is 25.3 Å². The number of carbonyl (C=O) groups is 1. The minimum absolute atomic E-state index is 0.0312. The number of pyridine rings is 2. The minimum Gasteiger partial charge on any atom is -0.493 e. The number of H-pyrrole nitrogens is 1. The molecule has 0 aliphatic carbocycles. The van der Waals surface area contributed by atoms with Crippen molar-refractivity contribution in [2.45, 2.75) is 18.8 Å². The second kappa shape index (κ2) is 8.75. The van der Waals surface area contributed by atoms with Crippen molar-refractivity contribution < 1.29 is 19.0 Å². The summed E-state index contributed by atoms with van der Waals surface area (Å²) in [4.78, 5) is 29.0. The fraction of sp³-hybridized carbons (Fsp3) is 0.231. The highest BCUT2D eigenvalue weighted by Gasteiger charge is 2.26. The van der Waals surface area contributed by atoms with Crippen molar-refractivity contribution >= 4 is 11.6 Å². The topological polar surface area (TPSA) is 111 Å². The van der Waals surface area contributed by atoms with Crippen molar-refractivity contribution in [1.29, 1.82) is 0 Å². The van der Waals surface area contributed by atoms with Crippen LogP contribution < -0.4 is 19.5 Å². The number of fused-ring (bicyclic) bond motifs is 2. The van der Waals surface area contributed by atoms with E-state index in [4.69, 9.17) is 19.2 Å². The second-order valence-electron chi connectivity index (χ2n) is 8.47. The van der Waals surface area contributed by atoms with E-state index < -0.39 is 0 Å². The molecule has 1 atom stereocenters. The molecule has 1 aromatic carbocycles. The number of hydrogen-bond donors (Lipinski definition) is 2. The van der Waals surface area contributed by atoms with Crippen LogP contribution in [0.25, 0.3) is 11.3 Å². The first-order valence-electron chi connectivity index (χ1n) is 11.4. The second-order valence-corrected chi connectivity index (χ2v) is 8.47. The van der Waals surface area contributed by atoms with E-state index in [-0.39, 0.29) is 11.7 Å². The van der Waals surface area contributed by atoms with Gasteiger partial charge >= 0.3 is 0 Å². The number of Topliss-reactive ketones (excluding diaryl/α,β-unsaturated/α-hetero) is 1. The molecule has 2 N–H and O–H groups in total. The van der Waals surface area contributed by atoms with Crippen LogP contribution in [0.2, 0.25) is 0 Å². The molecule has 2 aliphatic rings. The summed E-state index contributed by atoms with van der Waals surface area (Å²) in [7, 11) is 1.59. The fourth-order valence-corrected chi connectivity index (χ4v) is 4.46. The molecule has 3 aromatic heterocycles. The number of benzene rings is 1. The maximum Gasteiger partial charge on any atom is 0.213 e. The third-order valence-electron chi connectivity index (χ3n) is 6.23.